The summed E-state index contributed by atoms with van der Waals surface area (Å²) < 4.78 is 5.96. The van der Waals surface area contributed by atoms with E-state index in [-0.39, 0.29) is 11.1 Å². The third-order valence-electron chi connectivity index (χ3n) is 7.42. The Bertz CT molecular complexity index is 577. The molecule has 1 heterocycles. The van der Waals surface area contributed by atoms with E-state index in [1.54, 1.807) is 5.56 Å². The summed E-state index contributed by atoms with van der Waals surface area (Å²) in [5, 5.41) is 0. The van der Waals surface area contributed by atoms with Crippen molar-refractivity contribution in [2.75, 3.05) is 13.7 Å². The van der Waals surface area contributed by atoms with E-state index in [9.17, 15) is 0 Å². The number of piperidine rings is 1. The van der Waals surface area contributed by atoms with Crippen molar-refractivity contribution in [2.24, 2.45) is 0 Å². The summed E-state index contributed by atoms with van der Waals surface area (Å²) in [5.74, 6) is 1.39. The maximum Gasteiger partial charge on any atom is 0.0575 e. The number of rotatable bonds is 5. The van der Waals surface area contributed by atoms with Gasteiger partial charge in [0, 0.05) is 17.7 Å². The molecule has 0 radical (unpaired) electrons. The molecule has 0 spiro atoms. The zero-order valence-electron chi connectivity index (χ0n) is 18.6. The molecule has 1 aromatic carbocycles. The van der Waals surface area contributed by atoms with Crippen molar-refractivity contribution >= 4 is 0 Å². The molecule has 1 saturated heterocycles. The number of hydrogen-bond donors (Lipinski definition) is 0. The van der Waals surface area contributed by atoms with Crippen LogP contribution in [0.4, 0.5) is 0 Å². The van der Waals surface area contributed by atoms with Gasteiger partial charge in [-0.05, 0) is 103 Å². The van der Waals surface area contributed by atoms with Crippen molar-refractivity contribution in [3.63, 3.8) is 0 Å². The Hall–Kier alpha value is -0.860. The molecule has 27 heavy (non-hydrogen) atoms. The number of benzene rings is 1. The third-order valence-corrected chi connectivity index (χ3v) is 7.42. The molecule has 2 nitrogen and oxygen atoms in total. The molecule has 152 valence electrons. The van der Waals surface area contributed by atoms with Gasteiger partial charge in [0.25, 0.3) is 0 Å². The Morgan fingerprint density at radius 3 is 1.81 bits per heavy atom. The van der Waals surface area contributed by atoms with Crippen LogP contribution < -0.4 is 0 Å². The molecule has 2 heteroatoms. The Morgan fingerprint density at radius 1 is 0.852 bits per heavy atom. The number of hydrogen-bond acceptors (Lipinski definition) is 2. The normalized spacial score (nSPS) is 29.0. The maximum absolute atomic E-state index is 5.96. The minimum absolute atomic E-state index is 0.252. The summed E-state index contributed by atoms with van der Waals surface area (Å²) in [6, 6.07) is 9.70. The molecular weight excluding hydrogens is 330 g/mol. The highest BCUT2D eigenvalue weighted by molar-refractivity contribution is 5.29. The van der Waals surface area contributed by atoms with Crippen LogP contribution in [0.1, 0.15) is 103 Å². The van der Waals surface area contributed by atoms with Gasteiger partial charge in [0.1, 0.15) is 0 Å². The van der Waals surface area contributed by atoms with E-state index >= 15 is 0 Å². The monoisotopic (exact) mass is 371 g/mol. The van der Waals surface area contributed by atoms with E-state index < -0.39 is 0 Å². The predicted molar refractivity (Wildman–Crippen MR) is 116 cm³/mol. The minimum atomic E-state index is 0.252. The van der Waals surface area contributed by atoms with Gasteiger partial charge in [-0.25, -0.2) is 0 Å². The molecule has 3 rings (SSSR count). The molecule has 2 aliphatic rings. The standard InChI is InChI=1S/C25H41NO/c1-7-16-27-23-14-12-20(13-15-23)19-8-10-21(11-9-19)22-17-24(2,3)26(6)25(4,5)18-22/h8-11,20,22-23H,7,12-18H2,1-6H3. The van der Waals surface area contributed by atoms with Crippen molar-refractivity contribution in [1.29, 1.82) is 0 Å². The zero-order chi connectivity index (χ0) is 19.7. The van der Waals surface area contributed by atoms with Crippen molar-refractivity contribution in [1.82, 2.24) is 4.90 Å². The second-order valence-electron chi connectivity index (χ2n) is 10.3. The van der Waals surface area contributed by atoms with Gasteiger partial charge in [-0.3, -0.25) is 4.90 Å². The van der Waals surface area contributed by atoms with E-state index in [0.717, 1.165) is 18.9 Å². The largest absolute Gasteiger partial charge is 0.378 e. The van der Waals surface area contributed by atoms with Gasteiger partial charge in [-0.1, -0.05) is 31.2 Å². The van der Waals surface area contributed by atoms with Gasteiger partial charge in [0.2, 0.25) is 0 Å². The SMILES string of the molecule is CCCOC1CCC(c2ccc(C3CC(C)(C)N(C)C(C)(C)C3)cc2)CC1. The molecule has 1 aliphatic carbocycles. The first-order valence-electron chi connectivity index (χ1n) is 11.2. The summed E-state index contributed by atoms with van der Waals surface area (Å²) >= 11 is 0. The van der Waals surface area contributed by atoms with Crippen molar-refractivity contribution < 1.29 is 4.74 Å². The highest BCUT2D eigenvalue weighted by Crippen LogP contribution is 2.45. The molecule has 0 unspecified atom stereocenters. The van der Waals surface area contributed by atoms with Crippen molar-refractivity contribution in [3.05, 3.63) is 35.4 Å². The fourth-order valence-corrected chi connectivity index (χ4v) is 5.49. The van der Waals surface area contributed by atoms with Crippen LogP contribution in [0.25, 0.3) is 0 Å². The molecule has 0 bridgehead atoms. The smallest absolute Gasteiger partial charge is 0.0575 e. The van der Waals surface area contributed by atoms with Crippen molar-refractivity contribution in [2.45, 2.75) is 109 Å². The fraction of sp³-hybridized carbons (Fsp3) is 0.760. The highest BCUT2D eigenvalue weighted by Gasteiger charge is 2.43. The quantitative estimate of drug-likeness (QED) is 0.585. The second kappa shape index (κ2) is 8.25. The lowest BCUT2D eigenvalue weighted by atomic mass is 9.71. The van der Waals surface area contributed by atoms with Gasteiger partial charge >= 0.3 is 0 Å². The first-order valence-corrected chi connectivity index (χ1v) is 11.2. The summed E-state index contributed by atoms with van der Waals surface area (Å²) in [4.78, 5) is 2.57. The van der Waals surface area contributed by atoms with Gasteiger partial charge in [-0.15, -0.1) is 0 Å². The average molecular weight is 372 g/mol. The van der Waals surface area contributed by atoms with Crippen LogP contribution in [0.15, 0.2) is 24.3 Å². The van der Waals surface area contributed by atoms with E-state index in [1.807, 2.05) is 0 Å². The second-order valence-corrected chi connectivity index (χ2v) is 10.3. The molecule has 0 aromatic heterocycles. The first kappa shape index (κ1) is 20.9. The van der Waals surface area contributed by atoms with Gasteiger partial charge < -0.3 is 4.74 Å². The number of ether oxygens (including phenoxy) is 1. The minimum Gasteiger partial charge on any atom is -0.378 e. The van der Waals surface area contributed by atoms with Crippen LogP contribution in [-0.4, -0.2) is 35.7 Å². The van der Waals surface area contributed by atoms with Crippen LogP contribution in [0.3, 0.4) is 0 Å². The summed E-state index contributed by atoms with van der Waals surface area (Å²) in [5.41, 5.74) is 3.58. The van der Waals surface area contributed by atoms with E-state index in [0.29, 0.717) is 12.0 Å². The lowest BCUT2D eigenvalue weighted by Gasteiger charge is -2.54. The Balaban J connectivity index is 1.63. The molecule has 2 fully saturated rings. The first-order chi connectivity index (χ1) is 12.7. The lowest BCUT2D eigenvalue weighted by Crippen LogP contribution is -2.58. The van der Waals surface area contributed by atoms with Gasteiger partial charge in [0.15, 0.2) is 0 Å². The maximum atomic E-state index is 5.96. The average Bonchev–Trinajstić information content (AvgIpc) is 2.64. The third kappa shape index (κ3) is 4.77. The Labute approximate surface area is 167 Å². The molecule has 0 atom stereocenters. The fourth-order valence-electron chi connectivity index (χ4n) is 5.49. The van der Waals surface area contributed by atoms with E-state index in [4.69, 9.17) is 4.74 Å². The summed E-state index contributed by atoms with van der Waals surface area (Å²) in [6.07, 6.45) is 9.13. The molecule has 0 amide bonds. The molecular formula is C25H41NO. The number of nitrogens with zero attached hydrogens (tertiary/aromatic N) is 1. The molecule has 1 aromatic rings. The number of likely N-dealkylation sites (tertiary alicyclic amines) is 1. The van der Waals surface area contributed by atoms with Gasteiger partial charge in [-0.2, -0.15) is 0 Å². The highest BCUT2D eigenvalue weighted by atomic mass is 16.5. The van der Waals surface area contributed by atoms with Crippen LogP contribution in [0.2, 0.25) is 0 Å². The van der Waals surface area contributed by atoms with E-state index in [2.05, 4.69) is 70.8 Å². The molecule has 0 N–H and O–H groups in total. The van der Waals surface area contributed by atoms with Crippen LogP contribution in [0, 0.1) is 0 Å². The van der Waals surface area contributed by atoms with Crippen LogP contribution in [0.5, 0.6) is 0 Å². The molecule has 1 saturated carbocycles. The van der Waals surface area contributed by atoms with E-state index in [1.165, 1.54) is 44.1 Å². The summed E-state index contributed by atoms with van der Waals surface area (Å²) in [7, 11) is 2.29. The van der Waals surface area contributed by atoms with Crippen molar-refractivity contribution in [3.8, 4) is 0 Å². The Kier molecular flexibility index (Phi) is 6.37. The van der Waals surface area contributed by atoms with Gasteiger partial charge in [0.05, 0.1) is 6.10 Å². The molecule has 1 aliphatic heterocycles. The topological polar surface area (TPSA) is 12.5 Å². The summed E-state index contributed by atoms with van der Waals surface area (Å²) in [6.45, 7) is 12.7. The van der Waals surface area contributed by atoms with Crippen LogP contribution in [-0.2, 0) is 4.74 Å². The van der Waals surface area contributed by atoms with Crippen LogP contribution >= 0.6 is 0 Å². The Morgan fingerprint density at radius 2 is 1.33 bits per heavy atom. The predicted octanol–water partition coefficient (Wildman–Crippen LogP) is 6.51. The zero-order valence-corrected chi connectivity index (χ0v) is 18.6. The lowest BCUT2D eigenvalue weighted by molar-refractivity contribution is -0.0128.